The fourth-order valence-electron chi connectivity index (χ4n) is 2.29. The van der Waals surface area contributed by atoms with Gasteiger partial charge in [-0.2, -0.15) is 0 Å². The molecule has 0 spiro atoms. The minimum atomic E-state index is -0.730. The molecule has 0 fully saturated rings. The molecule has 6 heteroatoms. The van der Waals surface area contributed by atoms with Crippen LogP contribution < -0.4 is 0 Å². The zero-order chi connectivity index (χ0) is 17.4. The standard InChI is InChI=1S/C18H21N3O3/c1-3-17(22)21(2)16(11-15-12-19-13-20-15)18(23)24-10-9-14-7-5-4-6-8-14/h3-8,12-13,16H,1,9-11H2,2H3,(H,19,20)/t16-/m0/s1. The number of hydrogen-bond acceptors (Lipinski definition) is 4. The third-order valence-corrected chi connectivity index (χ3v) is 3.71. The highest BCUT2D eigenvalue weighted by Crippen LogP contribution is 2.09. The number of benzene rings is 1. The fraction of sp³-hybridized carbons (Fsp3) is 0.278. The van der Waals surface area contributed by atoms with Gasteiger partial charge in [-0.15, -0.1) is 0 Å². The molecule has 0 unspecified atom stereocenters. The molecule has 1 aromatic heterocycles. The van der Waals surface area contributed by atoms with E-state index in [2.05, 4.69) is 16.5 Å². The average molecular weight is 327 g/mol. The van der Waals surface area contributed by atoms with Crippen molar-refractivity contribution in [3.63, 3.8) is 0 Å². The molecule has 1 aromatic carbocycles. The van der Waals surface area contributed by atoms with Crippen LogP contribution >= 0.6 is 0 Å². The normalized spacial score (nSPS) is 11.5. The van der Waals surface area contributed by atoms with Crippen molar-refractivity contribution in [2.24, 2.45) is 0 Å². The van der Waals surface area contributed by atoms with Crippen molar-refractivity contribution in [3.05, 3.63) is 66.8 Å². The van der Waals surface area contributed by atoms with Gasteiger partial charge in [0.15, 0.2) is 0 Å². The third kappa shape index (κ3) is 4.81. The molecular formula is C18H21N3O3. The Morgan fingerprint density at radius 3 is 2.75 bits per heavy atom. The number of carbonyl (C=O) groups is 2. The van der Waals surface area contributed by atoms with E-state index in [-0.39, 0.29) is 12.5 Å². The van der Waals surface area contributed by atoms with Gasteiger partial charge in [0.1, 0.15) is 6.04 Å². The number of imidazole rings is 1. The van der Waals surface area contributed by atoms with Crippen LogP contribution in [0.1, 0.15) is 11.3 Å². The van der Waals surface area contributed by atoms with Gasteiger partial charge in [-0.3, -0.25) is 4.79 Å². The number of likely N-dealkylation sites (N-methyl/N-ethyl adjacent to an activating group) is 1. The van der Waals surface area contributed by atoms with Crippen LogP contribution in [0.4, 0.5) is 0 Å². The van der Waals surface area contributed by atoms with Gasteiger partial charge in [0.2, 0.25) is 5.91 Å². The number of nitrogens with zero attached hydrogens (tertiary/aromatic N) is 2. The maximum atomic E-state index is 12.4. The summed E-state index contributed by atoms with van der Waals surface area (Å²) < 4.78 is 5.37. The van der Waals surface area contributed by atoms with Gasteiger partial charge in [0.05, 0.1) is 12.9 Å². The molecule has 6 nitrogen and oxygen atoms in total. The first-order valence-corrected chi connectivity index (χ1v) is 7.69. The van der Waals surface area contributed by atoms with Crippen molar-refractivity contribution in [1.29, 1.82) is 0 Å². The van der Waals surface area contributed by atoms with Crippen LogP contribution in [0.5, 0.6) is 0 Å². The summed E-state index contributed by atoms with van der Waals surface area (Å²) in [5, 5.41) is 0. The minimum absolute atomic E-state index is 0.262. The molecule has 0 aliphatic rings. The average Bonchev–Trinajstić information content (AvgIpc) is 3.12. The molecular weight excluding hydrogens is 306 g/mol. The molecule has 0 radical (unpaired) electrons. The molecule has 0 aliphatic carbocycles. The van der Waals surface area contributed by atoms with Crippen LogP contribution in [0.25, 0.3) is 0 Å². The van der Waals surface area contributed by atoms with E-state index in [0.717, 1.165) is 11.3 Å². The molecule has 1 heterocycles. The highest BCUT2D eigenvalue weighted by molar-refractivity contribution is 5.91. The van der Waals surface area contributed by atoms with E-state index in [4.69, 9.17) is 4.74 Å². The Hall–Kier alpha value is -2.89. The summed E-state index contributed by atoms with van der Waals surface area (Å²) >= 11 is 0. The van der Waals surface area contributed by atoms with E-state index in [9.17, 15) is 9.59 Å². The second kappa shape index (κ2) is 8.67. The van der Waals surface area contributed by atoms with E-state index in [1.807, 2.05) is 30.3 Å². The van der Waals surface area contributed by atoms with E-state index in [1.54, 1.807) is 13.2 Å². The molecule has 1 atom stereocenters. The molecule has 24 heavy (non-hydrogen) atoms. The second-order valence-electron chi connectivity index (χ2n) is 5.35. The number of amides is 1. The number of esters is 1. The molecule has 1 amide bonds. The number of aromatic nitrogens is 2. The third-order valence-electron chi connectivity index (χ3n) is 3.71. The quantitative estimate of drug-likeness (QED) is 0.592. The zero-order valence-corrected chi connectivity index (χ0v) is 13.6. The van der Waals surface area contributed by atoms with Crippen LogP contribution in [0.2, 0.25) is 0 Å². The first-order valence-electron chi connectivity index (χ1n) is 7.69. The van der Waals surface area contributed by atoms with Crippen LogP contribution in [0, 0.1) is 0 Å². The molecule has 2 aromatic rings. The molecule has 0 bridgehead atoms. The van der Waals surface area contributed by atoms with Crippen molar-refractivity contribution in [2.45, 2.75) is 18.9 Å². The summed E-state index contributed by atoms with van der Waals surface area (Å²) in [6.07, 6.45) is 5.26. The number of hydrogen-bond donors (Lipinski definition) is 1. The van der Waals surface area contributed by atoms with E-state index >= 15 is 0 Å². The van der Waals surface area contributed by atoms with Crippen molar-refractivity contribution < 1.29 is 14.3 Å². The molecule has 0 saturated heterocycles. The van der Waals surface area contributed by atoms with Crippen molar-refractivity contribution in [3.8, 4) is 0 Å². The summed E-state index contributed by atoms with van der Waals surface area (Å²) in [5.74, 6) is -0.780. The van der Waals surface area contributed by atoms with Gasteiger partial charge in [-0.05, 0) is 11.6 Å². The van der Waals surface area contributed by atoms with Crippen LogP contribution in [0.3, 0.4) is 0 Å². The van der Waals surface area contributed by atoms with Crippen molar-refractivity contribution in [2.75, 3.05) is 13.7 Å². The summed E-state index contributed by atoms with van der Waals surface area (Å²) in [6.45, 7) is 3.72. The Morgan fingerprint density at radius 1 is 1.38 bits per heavy atom. The first kappa shape index (κ1) is 17.5. The Morgan fingerprint density at radius 2 is 2.12 bits per heavy atom. The maximum Gasteiger partial charge on any atom is 0.329 e. The zero-order valence-electron chi connectivity index (χ0n) is 13.6. The van der Waals surface area contributed by atoms with E-state index in [0.29, 0.717) is 12.8 Å². The highest BCUT2D eigenvalue weighted by atomic mass is 16.5. The van der Waals surface area contributed by atoms with Crippen molar-refractivity contribution >= 4 is 11.9 Å². The lowest BCUT2D eigenvalue weighted by Crippen LogP contribution is -2.44. The number of carbonyl (C=O) groups excluding carboxylic acids is 2. The van der Waals surface area contributed by atoms with Gasteiger partial charge in [0.25, 0.3) is 0 Å². The lowest BCUT2D eigenvalue weighted by atomic mass is 10.1. The number of H-pyrrole nitrogens is 1. The molecule has 0 aliphatic heterocycles. The lowest BCUT2D eigenvalue weighted by molar-refractivity contribution is -0.152. The van der Waals surface area contributed by atoms with Crippen molar-refractivity contribution in [1.82, 2.24) is 14.9 Å². The number of ether oxygens (including phenoxy) is 1. The highest BCUT2D eigenvalue weighted by Gasteiger charge is 2.28. The van der Waals surface area contributed by atoms with Gasteiger partial charge < -0.3 is 14.6 Å². The van der Waals surface area contributed by atoms with Crippen LogP contribution in [-0.2, 0) is 27.2 Å². The lowest BCUT2D eigenvalue weighted by Gasteiger charge is -2.25. The summed E-state index contributed by atoms with van der Waals surface area (Å²) in [5.41, 5.74) is 1.84. The minimum Gasteiger partial charge on any atom is -0.464 e. The molecule has 2 rings (SSSR count). The predicted octanol–water partition coefficient (Wildman–Crippen LogP) is 1.75. The number of rotatable bonds is 8. The molecule has 126 valence electrons. The predicted molar refractivity (Wildman–Crippen MR) is 90.2 cm³/mol. The van der Waals surface area contributed by atoms with E-state index < -0.39 is 12.0 Å². The summed E-state index contributed by atoms with van der Waals surface area (Å²) in [6, 6.07) is 9.04. The smallest absolute Gasteiger partial charge is 0.329 e. The first-order chi connectivity index (χ1) is 11.6. The van der Waals surface area contributed by atoms with Gasteiger partial charge >= 0.3 is 5.97 Å². The molecule has 0 saturated carbocycles. The fourth-order valence-corrected chi connectivity index (χ4v) is 2.29. The topological polar surface area (TPSA) is 75.3 Å². The number of nitrogens with one attached hydrogen (secondary N) is 1. The van der Waals surface area contributed by atoms with Gasteiger partial charge in [-0.1, -0.05) is 36.9 Å². The largest absolute Gasteiger partial charge is 0.464 e. The van der Waals surface area contributed by atoms with Gasteiger partial charge in [-0.25, -0.2) is 9.78 Å². The Labute approximate surface area is 141 Å². The summed E-state index contributed by atoms with van der Waals surface area (Å²) in [7, 11) is 1.56. The Balaban J connectivity index is 1.98. The summed E-state index contributed by atoms with van der Waals surface area (Å²) in [4.78, 5) is 32.5. The number of aromatic amines is 1. The van der Waals surface area contributed by atoms with Gasteiger partial charge in [0, 0.05) is 31.8 Å². The molecule has 1 N–H and O–H groups in total. The van der Waals surface area contributed by atoms with Crippen LogP contribution in [0.15, 0.2) is 55.5 Å². The van der Waals surface area contributed by atoms with Crippen LogP contribution in [-0.4, -0.2) is 46.4 Å². The SMILES string of the molecule is C=CC(=O)N(C)[C@@H](Cc1cnc[nH]1)C(=O)OCCc1ccccc1. The Kier molecular flexibility index (Phi) is 6.31. The van der Waals surface area contributed by atoms with E-state index in [1.165, 1.54) is 17.3 Å². The monoisotopic (exact) mass is 327 g/mol. The Bertz CT molecular complexity index is 668. The second-order valence-corrected chi connectivity index (χ2v) is 5.35. The maximum absolute atomic E-state index is 12.4.